The van der Waals surface area contributed by atoms with E-state index in [4.69, 9.17) is 24.6 Å². The fraction of sp³-hybridized carbons (Fsp3) is 0.132. The SMILES string of the molecule is C.CCOC(=O)c1ccsc1-c1ccccc1.CCOC(=O)c1ccsc1Br.O=C(O)c1ccsc1-c1ccccc1.OB(O)c1ccccc1. The average Bonchev–Trinajstić information content (AvgIpc) is 3.92. The number of carboxylic acid groups (broad SMARTS) is 1. The van der Waals surface area contributed by atoms with Crippen LogP contribution in [-0.2, 0) is 9.47 Å². The second kappa shape index (κ2) is 23.2. The predicted octanol–water partition coefficient (Wildman–Crippen LogP) is 9.39. The largest absolute Gasteiger partial charge is 0.488 e. The smallest absolute Gasteiger partial charge is 0.478 e. The van der Waals surface area contributed by atoms with Crippen LogP contribution in [0.5, 0.6) is 0 Å². The van der Waals surface area contributed by atoms with Crippen molar-refractivity contribution >= 4 is 80.4 Å². The molecule has 0 aliphatic heterocycles. The Balaban J connectivity index is 0.000000239. The zero-order chi connectivity index (χ0) is 36.3. The molecule has 51 heavy (non-hydrogen) atoms. The van der Waals surface area contributed by atoms with Gasteiger partial charge >= 0.3 is 25.0 Å². The highest BCUT2D eigenvalue weighted by atomic mass is 79.9. The van der Waals surface area contributed by atoms with Crippen LogP contribution >= 0.6 is 49.9 Å². The zero-order valence-electron chi connectivity index (χ0n) is 27.1. The molecule has 13 heteroatoms. The van der Waals surface area contributed by atoms with Crippen molar-refractivity contribution in [1.82, 2.24) is 0 Å². The maximum absolute atomic E-state index is 11.7. The third-order valence-electron chi connectivity index (χ3n) is 6.34. The van der Waals surface area contributed by atoms with Crippen molar-refractivity contribution in [3.05, 3.63) is 146 Å². The molecular weight excluding hydrogens is 771 g/mol. The Morgan fingerprint density at radius 2 is 1.00 bits per heavy atom. The Labute approximate surface area is 318 Å². The summed E-state index contributed by atoms with van der Waals surface area (Å²) in [5.41, 5.74) is 4.18. The summed E-state index contributed by atoms with van der Waals surface area (Å²) >= 11 is 7.74. The van der Waals surface area contributed by atoms with Crippen molar-refractivity contribution < 1.29 is 39.0 Å². The van der Waals surface area contributed by atoms with Crippen LogP contribution in [0.25, 0.3) is 20.9 Å². The second-order valence-corrected chi connectivity index (χ2v) is 13.8. The lowest BCUT2D eigenvalue weighted by Gasteiger charge is -2.03. The van der Waals surface area contributed by atoms with E-state index in [-0.39, 0.29) is 19.4 Å². The Bertz CT molecular complexity index is 1890. The Morgan fingerprint density at radius 1 is 0.608 bits per heavy atom. The zero-order valence-corrected chi connectivity index (χ0v) is 31.1. The molecule has 3 heterocycles. The Hall–Kier alpha value is -4.37. The fourth-order valence-corrected chi connectivity index (χ4v) is 7.06. The Kier molecular flexibility index (Phi) is 19.4. The maximum atomic E-state index is 11.7. The van der Waals surface area contributed by atoms with Crippen molar-refractivity contribution in [1.29, 1.82) is 0 Å². The average molecular weight is 810 g/mol. The van der Waals surface area contributed by atoms with Crippen LogP contribution in [-0.4, -0.2) is 53.4 Å². The number of carbonyl (C=O) groups excluding carboxylic acids is 2. The summed E-state index contributed by atoms with van der Waals surface area (Å²) in [4.78, 5) is 35.4. The van der Waals surface area contributed by atoms with Crippen molar-refractivity contribution in [3.8, 4) is 20.9 Å². The summed E-state index contributed by atoms with van der Waals surface area (Å²) in [6.45, 7) is 4.43. The quantitative estimate of drug-likeness (QED) is 0.103. The molecule has 0 aliphatic rings. The summed E-state index contributed by atoms with van der Waals surface area (Å²) in [5, 5.41) is 31.6. The molecule has 0 unspecified atom stereocenters. The van der Waals surface area contributed by atoms with Crippen LogP contribution in [0.2, 0.25) is 0 Å². The lowest BCUT2D eigenvalue weighted by molar-refractivity contribution is 0.0517. The number of ether oxygens (including phenoxy) is 2. The monoisotopic (exact) mass is 808 g/mol. The van der Waals surface area contributed by atoms with E-state index in [2.05, 4.69) is 15.9 Å². The van der Waals surface area contributed by atoms with Crippen LogP contribution in [0.1, 0.15) is 52.3 Å². The van der Waals surface area contributed by atoms with Crippen molar-refractivity contribution in [2.75, 3.05) is 13.2 Å². The standard InChI is InChI=1S/C13H12O2S.C11H8O2S.C7H7BrO2S.C6H7BO2.CH4/c1-2-15-13(14)11-8-9-16-12(11)10-6-4-3-5-7-10;12-11(13)9-6-7-14-10(9)8-4-2-1-3-5-8;1-2-10-7(9)5-3-4-11-6(5)8;8-7(9)6-4-2-1-3-5-6;/h3-9H,2H2,1H3;1-7H,(H,12,13);3-4H,2H2,1H3;1-5,8-9H;1H4. The molecule has 0 aliphatic carbocycles. The molecule has 3 N–H and O–H groups in total. The van der Waals surface area contributed by atoms with Gasteiger partial charge in [0.25, 0.3) is 0 Å². The van der Waals surface area contributed by atoms with Gasteiger partial charge in [0, 0.05) is 9.75 Å². The Morgan fingerprint density at radius 3 is 1.39 bits per heavy atom. The molecule has 3 aromatic heterocycles. The molecule has 0 atom stereocenters. The molecular formula is C38H38BBrO8S3. The van der Waals surface area contributed by atoms with E-state index in [9.17, 15) is 14.4 Å². The first-order chi connectivity index (χ1) is 24.2. The van der Waals surface area contributed by atoms with Gasteiger partial charge in [-0.15, -0.1) is 34.0 Å². The molecule has 0 radical (unpaired) electrons. The summed E-state index contributed by atoms with van der Waals surface area (Å²) in [6, 6.07) is 33.3. The van der Waals surface area contributed by atoms with Gasteiger partial charge in [0.15, 0.2) is 0 Å². The number of aromatic carboxylic acids is 1. The molecule has 0 bridgehead atoms. The van der Waals surface area contributed by atoms with E-state index in [1.165, 1.54) is 22.7 Å². The van der Waals surface area contributed by atoms with Crippen molar-refractivity contribution in [2.24, 2.45) is 0 Å². The number of thiophene rings is 3. The van der Waals surface area contributed by atoms with Crippen LogP contribution < -0.4 is 5.46 Å². The number of rotatable bonds is 8. The van der Waals surface area contributed by atoms with Gasteiger partial charge in [-0.1, -0.05) is 98.4 Å². The van der Waals surface area contributed by atoms with Gasteiger partial charge in [0.2, 0.25) is 0 Å². The number of esters is 2. The topological polar surface area (TPSA) is 130 Å². The summed E-state index contributed by atoms with van der Waals surface area (Å²) < 4.78 is 10.7. The molecule has 0 saturated carbocycles. The third kappa shape index (κ3) is 13.7. The van der Waals surface area contributed by atoms with E-state index in [1.54, 1.807) is 60.0 Å². The minimum absolute atomic E-state index is 0. The van der Waals surface area contributed by atoms with E-state index >= 15 is 0 Å². The molecule has 0 fully saturated rings. The highest BCUT2D eigenvalue weighted by Crippen LogP contribution is 2.30. The molecule has 8 nitrogen and oxygen atoms in total. The summed E-state index contributed by atoms with van der Waals surface area (Å²) in [5.74, 6) is -1.38. The van der Waals surface area contributed by atoms with Gasteiger partial charge in [0.05, 0.1) is 33.7 Å². The van der Waals surface area contributed by atoms with E-state index in [0.29, 0.717) is 35.4 Å². The highest BCUT2D eigenvalue weighted by Gasteiger charge is 2.15. The van der Waals surface area contributed by atoms with Crippen LogP contribution in [0.4, 0.5) is 0 Å². The number of hydrogen-bond acceptors (Lipinski definition) is 10. The molecule has 6 rings (SSSR count). The summed E-state index contributed by atoms with van der Waals surface area (Å²) in [7, 11) is -1.34. The highest BCUT2D eigenvalue weighted by molar-refractivity contribution is 9.11. The van der Waals surface area contributed by atoms with Gasteiger partial charge in [-0.2, -0.15) is 0 Å². The first-order valence-corrected chi connectivity index (χ1v) is 18.6. The minimum Gasteiger partial charge on any atom is -0.478 e. The van der Waals surface area contributed by atoms with E-state index in [0.717, 1.165) is 24.7 Å². The third-order valence-corrected chi connectivity index (χ3v) is 9.95. The first-order valence-electron chi connectivity index (χ1n) is 15.1. The lowest BCUT2D eigenvalue weighted by atomic mass is 9.81. The van der Waals surface area contributed by atoms with Gasteiger partial charge in [-0.05, 0) is 80.7 Å². The molecule has 0 saturated heterocycles. The number of hydrogen-bond donors (Lipinski definition) is 3. The van der Waals surface area contributed by atoms with E-state index < -0.39 is 13.1 Å². The second-order valence-electron chi connectivity index (χ2n) is 9.70. The fourth-order valence-electron chi connectivity index (χ4n) is 4.06. The van der Waals surface area contributed by atoms with Crippen LogP contribution in [0.3, 0.4) is 0 Å². The van der Waals surface area contributed by atoms with Gasteiger partial charge in [-0.25, -0.2) is 14.4 Å². The van der Waals surface area contributed by atoms with E-state index in [1.807, 2.05) is 90.5 Å². The molecule has 3 aromatic carbocycles. The maximum Gasteiger partial charge on any atom is 0.488 e. The summed E-state index contributed by atoms with van der Waals surface area (Å²) in [6.07, 6.45) is 0. The normalized spacial score (nSPS) is 9.59. The van der Waals surface area contributed by atoms with Gasteiger partial charge in [-0.3, -0.25) is 0 Å². The molecule has 0 amide bonds. The number of carbonyl (C=O) groups is 3. The predicted molar refractivity (Wildman–Crippen MR) is 213 cm³/mol. The number of halogens is 1. The van der Waals surface area contributed by atoms with Gasteiger partial charge in [0.1, 0.15) is 0 Å². The molecule has 266 valence electrons. The number of carboxylic acids is 1. The first kappa shape index (κ1) is 42.8. The van der Waals surface area contributed by atoms with Gasteiger partial charge < -0.3 is 24.6 Å². The molecule has 6 aromatic rings. The minimum atomic E-state index is -1.34. The molecule has 0 spiro atoms. The van der Waals surface area contributed by atoms with Crippen LogP contribution in [0.15, 0.2) is 129 Å². The number of benzene rings is 3. The van der Waals surface area contributed by atoms with Crippen LogP contribution in [0, 0.1) is 0 Å². The lowest BCUT2D eigenvalue weighted by Crippen LogP contribution is -2.29. The van der Waals surface area contributed by atoms with Crippen molar-refractivity contribution in [2.45, 2.75) is 21.3 Å². The van der Waals surface area contributed by atoms with Crippen molar-refractivity contribution in [3.63, 3.8) is 0 Å².